The molecule has 0 amide bonds. The number of aromatic hydroxyl groups is 1. The fourth-order valence-corrected chi connectivity index (χ4v) is 4.96. The van der Waals surface area contributed by atoms with Crippen molar-refractivity contribution < 1.29 is 5.11 Å². The molecule has 0 aliphatic carbocycles. The molecule has 0 aliphatic rings. The number of phenolic OH excluding ortho intramolecular Hbond substituents is 1. The fourth-order valence-electron chi connectivity index (χ4n) is 4.62. The molecule has 0 spiro atoms. The summed E-state index contributed by atoms with van der Waals surface area (Å²) in [7, 11) is 0. The smallest absolute Gasteiger partial charge is 0.115 e. The van der Waals surface area contributed by atoms with Crippen LogP contribution in [0.5, 0.6) is 5.75 Å². The molecular formula is C36H52OS. The van der Waals surface area contributed by atoms with Crippen molar-refractivity contribution in [3.8, 4) is 5.75 Å². The van der Waals surface area contributed by atoms with Crippen molar-refractivity contribution in [2.75, 3.05) is 0 Å². The predicted molar refractivity (Wildman–Crippen MR) is 176 cm³/mol. The molecular weight excluding hydrogens is 480 g/mol. The van der Waals surface area contributed by atoms with Crippen LogP contribution in [0.2, 0.25) is 0 Å². The third-order valence-electron chi connectivity index (χ3n) is 6.46. The molecule has 2 heteroatoms. The molecule has 0 saturated carbocycles. The van der Waals surface area contributed by atoms with E-state index in [0.717, 1.165) is 12.2 Å². The topological polar surface area (TPSA) is 20.2 Å². The minimum absolute atomic E-state index is 0.351. The van der Waals surface area contributed by atoms with E-state index in [-0.39, 0.29) is 0 Å². The van der Waals surface area contributed by atoms with E-state index in [4.69, 9.17) is 0 Å². The Hall–Kier alpha value is -2.45. The van der Waals surface area contributed by atoms with Gasteiger partial charge in [-0.05, 0) is 75.0 Å². The average molecular weight is 533 g/mol. The first-order chi connectivity index (χ1) is 18.2. The van der Waals surface area contributed by atoms with Gasteiger partial charge in [-0.3, -0.25) is 0 Å². The zero-order chi connectivity index (χ0) is 28.6. The van der Waals surface area contributed by atoms with E-state index >= 15 is 0 Å². The summed E-state index contributed by atoms with van der Waals surface area (Å²) in [4.78, 5) is 0. The van der Waals surface area contributed by atoms with Crippen LogP contribution >= 0.6 is 12.6 Å². The standard InChI is InChI=1S/C15H12S.C14H22O.C5H12.C2H6/c16-10-15-13-7-3-1-5-11(13)9-12-6-2-4-8-14(12)15;1-5-11(10-14(2,3)4)12-6-8-13(15)9-7-12;1-3-5-4-2;1-2/h1-9,16H,10H2;6-9,11,15H,5,10H2,1-4H3;3-5H2,1-2H3;1-2H3. The zero-order valence-electron chi connectivity index (χ0n) is 25.2. The zero-order valence-corrected chi connectivity index (χ0v) is 26.1. The van der Waals surface area contributed by atoms with E-state index in [0.29, 0.717) is 17.1 Å². The van der Waals surface area contributed by atoms with E-state index in [1.807, 2.05) is 26.0 Å². The molecule has 208 valence electrons. The maximum atomic E-state index is 9.24. The highest BCUT2D eigenvalue weighted by molar-refractivity contribution is 7.79. The molecule has 0 aromatic heterocycles. The van der Waals surface area contributed by atoms with E-state index in [9.17, 15) is 5.11 Å². The summed E-state index contributed by atoms with van der Waals surface area (Å²) in [6, 6.07) is 26.9. The molecule has 4 aromatic rings. The van der Waals surface area contributed by atoms with Gasteiger partial charge in [0.2, 0.25) is 0 Å². The quantitative estimate of drug-likeness (QED) is 0.187. The van der Waals surface area contributed by atoms with Crippen molar-refractivity contribution in [2.45, 2.75) is 99.2 Å². The maximum absolute atomic E-state index is 9.24. The van der Waals surface area contributed by atoms with Gasteiger partial charge in [-0.15, -0.1) is 0 Å². The van der Waals surface area contributed by atoms with Crippen LogP contribution in [0.4, 0.5) is 0 Å². The SMILES string of the molecule is CC.CCC(CC(C)(C)C)c1ccc(O)cc1.CCCCC.SCc1c2ccccc2cc2ccccc12. The van der Waals surface area contributed by atoms with Gasteiger partial charge in [0.15, 0.2) is 0 Å². The van der Waals surface area contributed by atoms with Crippen molar-refractivity contribution in [3.05, 3.63) is 90.0 Å². The van der Waals surface area contributed by atoms with Gasteiger partial charge >= 0.3 is 0 Å². The van der Waals surface area contributed by atoms with Crippen LogP contribution in [-0.4, -0.2) is 5.11 Å². The summed E-state index contributed by atoms with van der Waals surface area (Å²) in [5, 5.41) is 14.5. The number of hydrogen-bond acceptors (Lipinski definition) is 2. The Labute approximate surface area is 239 Å². The third-order valence-corrected chi connectivity index (χ3v) is 6.78. The average Bonchev–Trinajstić information content (AvgIpc) is 2.92. The lowest BCUT2D eigenvalue weighted by Gasteiger charge is -2.25. The van der Waals surface area contributed by atoms with E-state index < -0.39 is 0 Å². The first-order valence-electron chi connectivity index (χ1n) is 14.5. The molecule has 0 aliphatic heterocycles. The summed E-state index contributed by atoms with van der Waals surface area (Å²) >= 11 is 4.46. The van der Waals surface area contributed by atoms with Crippen LogP contribution in [0.1, 0.15) is 105 Å². The predicted octanol–water partition coefficient (Wildman–Crippen LogP) is 12.0. The molecule has 0 heterocycles. The van der Waals surface area contributed by atoms with Crippen LogP contribution in [0, 0.1) is 5.41 Å². The second-order valence-electron chi connectivity index (χ2n) is 10.8. The Morgan fingerprint density at radius 1 is 0.737 bits per heavy atom. The molecule has 1 nitrogen and oxygen atoms in total. The molecule has 1 unspecified atom stereocenters. The molecule has 0 radical (unpaired) electrons. The second kappa shape index (κ2) is 17.9. The highest BCUT2D eigenvalue weighted by Crippen LogP contribution is 2.34. The van der Waals surface area contributed by atoms with Gasteiger partial charge in [-0.1, -0.05) is 135 Å². The highest BCUT2D eigenvalue weighted by atomic mass is 32.1. The van der Waals surface area contributed by atoms with Gasteiger partial charge < -0.3 is 5.11 Å². The summed E-state index contributed by atoms with van der Waals surface area (Å²) in [6.45, 7) is 17.5. The molecule has 1 N–H and O–H groups in total. The minimum Gasteiger partial charge on any atom is -0.508 e. The second-order valence-corrected chi connectivity index (χ2v) is 11.1. The van der Waals surface area contributed by atoms with Gasteiger partial charge in [-0.2, -0.15) is 12.6 Å². The first-order valence-corrected chi connectivity index (χ1v) is 15.2. The Balaban J connectivity index is 0.000000308. The number of rotatable bonds is 6. The van der Waals surface area contributed by atoms with Crippen molar-refractivity contribution in [2.24, 2.45) is 5.41 Å². The Bertz CT molecular complexity index is 1120. The number of thiol groups is 1. The third kappa shape index (κ3) is 11.1. The summed E-state index contributed by atoms with van der Waals surface area (Å²) < 4.78 is 0. The fraction of sp³-hybridized carbons (Fsp3) is 0.444. The number of benzene rings is 4. The van der Waals surface area contributed by atoms with Crippen LogP contribution < -0.4 is 0 Å². The monoisotopic (exact) mass is 532 g/mol. The Kier molecular flexibility index (Phi) is 15.9. The molecule has 4 rings (SSSR count). The van der Waals surface area contributed by atoms with Crippen LogP contribution in [0.25, 0.3) is 21.5 Å². The minimum atomic E-state index is 0.351. The van der Waals surface area contributed by atoms with Gasteiger partial charge in [0.05, 0.1) is 0 Å². The van der Waals surface area contributed by atoms with Crippen molar-refractivity contribution in [1.82, 2.24) is 0 Å². The molecule has 1 atom stereocenters. The van der Waals surface area contributed by atoms with Crippen molar-refractivity contribution in [3.63, 3.8) is 0 Å². The van der Waals surface area contributed by atoms with Gasteiger partial charge in [0, 0.05) is 5.75 Å². The van der Waals surface area contributed by atoms with Gasteiger partial charge in [0.1, 0.15) is 5.75 Å². The Morgan fingerprint density at radius 3 is 1.58 bits per heavy atom. The van der Waals surface area contributed by atoms with Gasteiger partial charge in [-0.25, -0.2) is 0 Å². The summed E-state index contributed by atoms with van der Waals surface area (Å²) in [5.41, 5.74) is 3.03. The number of phenols is 1. The lowest BCUT2D eigenvalue weighted by Crippen LogP contribution is -2.11. The number of unbranched alkanes of at least 4 members (excludes halogenated alkanes) is 2. The highest BCUT2D eigenvalue weighted by Gasteiger charge is 2.18. The van der Waals surface area contributed by atoms with E-state index in [1.54, 1.807) is 12.1 Å². The van der Waals surface area contributed by atoms with Crippen LogP contribution in [0.15, 0.2) is 78.9 Å². The molecule has 38 heavy (non-hydrogen) atoms. The Morgan fingerprint density at radius 2 is 1.21 bits per heavy atom. The van der Waals surface area contributed by atoms with Crippen LogP contribution in [-0.2, 0) is 5.75 Å². The molecule has 0 saturated heterocycles. The van der Waals surface area contributed by atoms with Gasteiger partial charge in [0.25, 0.3) is 0 Å². The number of fused-ring (bicyclic) bond motifs is 2. The van der Waals surface area contributed by atoms with Crippen molar-refractivity contribution in [1.29, 1.82) is 0 Å². The normalized spacial score (nSPS) is 11.4. The summed E-state index contributed by atoms with van der Waals surface area (Å²) in [6.07, 6.45) is 6.42. The summed E-state index contributed by atoms with van der Waals surface area (Å²) in [5.74, 6) is 1.73. The lowest BCUT2D eigenvalue weighted by molar-refractivity contribution is 0.335. The molecule has 0 fully saturated rings. The van der Waals surface area contributed by atoms with E-state index in [1.165, 1.54) is 58.4 Å². The van der Waals surface area contributed by atoms with Crippen molar-refractivity contribution >= 4 is 34.2 Å². The largest absolute Gasteiger partial charge is 0.508 e. The van der Waals surface area contributed by atoms with Crippen LogP contribution in [0.3, 0.4) is 0 Å². The molecule has 0 bridgehead atoms. The first kappa shape index (κ1) is 33.6. The number of hydrogen-bond donors (Lipinski definition) is 2. The maximum Gasteiger partial charge on any atom is 0.115 e. The molecule has 4 aromatic carbocycles. The lowest BCUT2D eigenvalue weighted by atomic mass is 9.80. The van der Waals surface area contributed by atoms with E-state index in [2.05, 4.69) is 109 Å².